The minimum atomic E-state index is -0.170. The highest BCUT2D eigenvalue weighted by atomic mass is 16.5. The fourth-order valence-corrected chi connectivity index (χ4v) is 4.03. The van der Waals surface area contributed by atoms with Crippen molar-refractivity contribution in [3.8, 4) is 5.75 Å². The van der Waals surface area contributed by atoms with Gasteiger partial charge in [-0.3, -0.25) is 4.79 Å². The van der Waals surface area contributed by atoms with E-state index < -0.39 is 0 Å². The van der Waals surface area contributed by atoms with Crippen molar-refractivity contribution in [3.05, 3.63) is 29.8 Å². The average molecular weight is 316 g/mol. The molecule has 3 nitrogen and oxygen atoms in total. The van der Waals surface area contributed by atoms with E-state index in [0.717, 1.165) is 25.0 Å². The molecule has 0 spiro atoms. The lowest BCUT2D eigenvalue weighted by molar-refractivity contribution is -0.148. The molecule has 2 aliphatic rings. The zero-order valence-corrected chi connectivity index (χ0v) is 14.1. The molecule has 0 bridgehead atoms. The van der Waals surface area contributed by atoms with Crippen molar-refractivity contribution in [2.75, 3.05) is 0 Å². The molecular weight excluding hydrogens is 288 g/mol. The van der Waals surface area contributed by atoms with Crippen molar-refractivity contribution in [3.63, 3.8) is 0 Å². The Kier molecular flexibility index (Phi) is 5.58. The monoisotopic (exact) mass is 316 g/mol. The van der Waals surface area contributed by atoms with E-state index in [-0.39, 0.29) is 12.1 Å². The van der Waals surface area contributed by atoms with Crippen LogP contribution in [0, 0.1) is 0 Å². The summed E-state index contributed by atoms with van der Waals surface area (Å²) in [5, 5.41) is 0. The zero-order chi connectivity index (χ0) is 16.1. The molecule has 0 aromatic heterocycles. The smallest absolute Gasteiger partial charge is 0.302 e. The van der Waals surface area contributed by atoms with Gasteiger partial charge in [0.1, 0.15) is 11.9 Å². The van der Waals surface area contributed by atoms with Crippen LogP contribution in [0.15, 0.2) is 24.3 Å². The molecule has 0 aliphatic heterocycles. The summed E-state index contributed by atoms with van der Waals surface area (Å²) in [6.07, 6.45) is 11.0. The van der Waals surface area contributed by atoms with Gasteiger partial charge < -0.3 is 9.47 Å². The van der Waals surface area contributed by atoms with E-state index in [1.807, 2.05) is 0 Å². The van der Waals surface area contributed by atoms with Crippen molar-refractivity contribution in [1.82, 2.24) is 0 Å². The molecule has 0 N–H and O–H groups in total. The van der Waals surface area contributed by atoms with E-state index in [0.29, 0.717) is 12.0 Å². The third-order valence-corrected chi connectivity index (χ3v) is 5.16. The van der Waals surface area contributed by atoms with Crippen LogP contribution < -0.4 is 4.74 Å². The van der Waals surface area contributed by atoms with Gasteiger partial charge in [0.15, 0.2) is 0 Å². The lowest BCUT2D eigenvalue weighted by Gasteiger charge is -2.31. The number of ether oxygens (including phenoxy) is 2. The Bertz CT molecular complexity index is 519. The molecule has 0 saturated heterocycles. The molecule has 0 heterocycles. The Morgan fingerprint density at radius 1 is 1.00 bits per heavy atom. The molecule has 2 fully saturated rings. The minimum absolute atomic E-state index is 0.0196. The van der Waals surface area contributed by atoms with Crippen LogP contribution in [0.2, 0.25) is 0 Å². The van der Waals surface area contributed by atoms with Crippen molar-refractivity contribution in [2.45, 2.75) is 82.8 Å². The zero-order valence-electron chi connectivity index (χ0n) is 14.1. The first-order valence-electron chi connectivity index (χ1n) is 9.16. The first kappa shape index (κ1) is 16.4. The van der Waals surface area contributed by atoms with Crippen LogP contribution in [0.5, 0.6) is 5.75 Å². The molecule has 0 amide bonds. The predicted octanol–water partition coefficient (Wildman–Crippen LogP) is 4.99. The quantitative estimate of drug-likeness (QED) is 0.734. The van der Waals surface area contributed by atoms with Gasteiger partial charge in [0.05, 0.1) is 6.10 Å². The van der Waals surface area contributed by atoms with E-state index in [1.165, 1.54) is 51.0 Å². The van der Waals surface area contributed by atoms with Gasteiger partial charge in [-0.2, -0.15) is 0 Å². The SMILES string of the molecule is CC(=O)O[C@@H]1CCCC[C@H]1c1cccc(OC2CCCCC2)c1. The highest BCUT2D eigenvalue weighted by molar-refractivity contribution is 5.66. The molecule has 1 aromatic carbocycles. The fourth-order valence-electron chi connectivity index (χ4n) is 4.03. The summed E-state index contributed by atoms with van der Waals surface area (Å²) < 4.78 is 11.8. The molecule has 0 unspecified atom stereocenters. The Hall–Kier alpha value is -1.51. The standard InChI is InChI=1S/C20H28O3/c1-15(21)22-20-13-6-5-12-19(20)16-8-7-11-18(14-16)23-17-9-3-2-4-10-17/h7-8,11,14,17,19-20H,2-6,9-10,12-13H2,1H3/t19-,20+/m0/s1. The maximum absolute atomic E-state index is 11.4. The molecular formula is C20H28O3. The van der Waals surface area contributed by atoms with Gasteiger partial charge in [0, 0.05) is 12.8 Å². The normalized spacial score (nSPS) is 25.8. The Balaban J connectivity index is 1.70. The van der Waals surface area contributed by atoms with E-state index in [9.17, 15) is 4.79 Å². The number of hydrogen-bond acceptors (Lipinski definition) is 3. The van der Waals surface area contributed by atoms with Crippen LogP contribution in [-0.2, 0) is 9.53 Å². The molecule has 2 aliphatic carbocycles. The largest absolute Gasteiger partial charge is 0.490 e. The second kappa shape index (κ2) is 7.85. The van der Waals surface area contributed by atoms with Crippen molar-refractivity contribution >= 4 is 5.97 Å². The van der Waals surface area contributed by atoms with Gasteiger partial charge in [-0.25, -0.2) is 0 Å². The molecule has 3 heteroatoms. The summed E-state index contributed by atoms with van der Waals surface area (Å²) in [7, 11) is 0. The first-order valence-corrected chi connectivity index (χ1v) is 9.16. The van der Waals surface area contributed by atoms with Gasteiger partial charge in [-0.05, 0) is 62.6 Å². The van der Waals surface area contributed by atoms with Gasteiger partial charge in [0.25, 0.3) is 0 Å². The van der Waals surface area contributed by atoms with E-state index in [4.69, 9.17) is 9.47 Å². The fraction of sp³-hybridized carbons (Fsp3) is 0.650. The van der Waals surface area contributed by atoms with Crippen LogP contribution in [0.1, 0.15) is 76.2 Å². The number of hydrogen-bond donors (Lipinski definition) is 0. The Morgan fingerprint density at radius 3 is 2.52 bits per heavy atom. The third kappa shape index (κ3) is 4.49. The van der Waals surface area contributed by atoms with Gasteiger partial charge in [-0.15, -0.1) is 0 Å². The summed E-state index contributed by atoms with van der Waals surface area (Å²) in [5.41, 5.74) is 1.25. The van der Waals surface area contributed by atoms with E-state index in [1.54, 1.807) is 0 Å². The van der Waals surface area contributed by atoms with Crippen LogP contribution in [0.4, 0.5) is 0 Å². The number of benzene rings is 1. The molecule has 0 radical (unpaired) electrons. The number of esters is 1. The lowest BCUT2D eigenvalue weighted by Crippen LogP contribution is -2.28. The lowest BCUT2D eigenvalue weighted by atomic mass is 9.81. The third-order valence-electron chi connectivity index (χ3n) is 5.16. The Morgan fingerprint density at radius 2 is 1.74 bits per heavy atom. The maximum Gasteiger partial charge on any atom is 0.302 e. The second-order valence-electron chi connectivity index (χ2n) is 6.99. The highest BCUT2D eigenvalue weighted by Gasteiger charge is 2.29. The molecule has 3 rings (SSSR count). The first-order chi connectivity index (χ1) is 11.2. The number of carbonyl (C=O) groups excluding carboxylic acids is 1. The minimum Gasteiger partial charge on any atom is -0.490 e. The predicted molar refractivity (Wildman–Crippen MR) is 90.7 cm³/mol. The van der Waals surface area contributed by atoms with Gasteiger partial charge in [-0.1, -0.05) is 25.0 Å². The van der Waals surface area contributed by atoms with Crippen molar-refractivity contribution in [2.24, 2.45) is 0 Å². The molecule has 2 saturated carbocycles. The Labute approximate surface area is 139 Å². The second-order valence-corrected chi connectivity index (χ2v) is 6.99. The van der Waals surface area contributed by atoms with E-state index >= 15 is 0 Å². The summed E-state index contributed by atoms with van der Waals surface area (Å²) in [6, 6.07) is 8.45. The highest BCUT2D eigenvalue weighted by Crippen LogP contribution is 2.36. The summed E-state index contributed by atoms with van der Waals surface area (Å²) >= 11 is 0. The average Bonchev–Trinajstić information content (AvgIpc) is 2.56. The summed E-state index contributed by atoms with van der Waals surface area (Å²) in [4.78, 5) is 11.4. The number of rotatable bonds is 4. The summed E-state index contributed by atoms with van der Waals surface area (Å²) in [5.74, 6) is 1.11. The maximum atomic E-state index is 11.4. The topological polar surface area (TPSA) is 35.5 Å². The van der Waals surface area contributed by atoms with Crippen LogP contribution in [0.3, 0.4) is 0 Å². The van der Waals surface area contributed by atoms with Gasteiger partial charge >= 0.3 is 5.97 Å². The number of carbonyl (C=O) groups is 1. The van der Waals surface area contributed by atoms with Crippen LogP contribution >= 0.6 is 0 Å². The molecule has 126 valence electrons. The van der Waals surface area contributed by atoms with Crippen molar-refractivity contribution < 1.29 is 14.3 Å². The molecule has 23 heavy (non-hydrogen) atoms. The summed E-state index contributed by atoms with van der Waals surface area (Å²) in [6.45, 7) is 1.51. The van der Waals surface area contributed by atoms with Crippen molar-refractivity contribution in [1.29, 1.82) is 0 Å². The van der Waals surface area contributed by atoms with Crippen LogP contribution in [-0.4, -0.2) is 18.2 Å². The molecule has 2 atom stereocenters. The van der Waals surface area contributed by atoms with Gasteiger partial charge in [0.2, 0.25) is 0 Å². The van der Waals surface area contributed by atoms with Crippen LogP contribution in [0.25, 0.3) is 0 Å². The van der Waals surface area contributed by atoms with E-state index in [2.05, 4.69) is 24.3 Å². The molecule has 1 aromatic rings.